The summed E-state index contributed by atoms with van der Waals surface area (Å²) in [6.07, 6.45) is 0. The molecule has 0 unspecified atom stereocenters. The molecule has 0 N–H and O–H groups in total. The Hall–Kier alpha value is -2.11. The normalized spacial score (nSPS) is 10.7. The van der Waals surface area contributed by atoms with Gasteiger partial charge in [0.15, 0.2) is 6.61 Å². The number of aromatic nitrogens is 1. The summed E-state index contributed by atoms with van der Waals surface area (Å²) in [6, 6.07) is 14.6. The highest BCUT2D eigenvalue weighted by atomic mass is 35.5. The number of benzene rings is 1. The number of ether oxygens (including phenoxy) is 1. The number of anilines is 1. The largest absolute Gasteiger partial charge is 0.484 e. The van der Waals surface area contributed by atoms with Gasteiger partial charge in [0.05, 0.1) is 0 Å². The lowest BCUT2D eigenvalue weighted by Crippen LogP contribution is -2.41. The van der Waals surface area contributed by atoms with Gasteiger partial charge in [-0.1, -0.05) is 49.7 Å². The van der Waals surface area contributed by atoms with E-state index >= 15 is 0 Å². The van der Waals surface area contributed by atoms with Gasteiger partial charge in [0.25, 0.3) is 5.91 Å². The molecule has 0 fully saturated rings. The summed E-state index contributed by atoms with van der Waals surface area (Å²) in [6.45, 7) is 7.32. The summed E-state index contributed by atoms with van der Waals surface area (Å²) in [5.41, 5.74) is 0. The van der Waals surface area contributed by atoms with E-state index in [1.165, 1.54) is 0 Å². The van der Waals surface area contributed by atoms with Gasteiger partial charge in [-0.3, -0.25) is 9.69 Å². The molecule has 2 aromatic rings. The van der Waals surface area contributed by atoms with Crippen LogP contribution in [0, 0.1) is 0 Å². The lowest BCUT2D eigenvalue weighted by Gasteiger charge is -2.26. The minimum atomic E-state index is -0.147. The molecule has 134 valence electrons. The second-order valence-electron chi connectivity index (χ2n) is 5.49. The van der Waals surface area contributed by atoms with Crippen LogP contribution in [0.2, 0.25) is 5.15 Å². The van der Waals surface area contributed by atoms with Gasteiger partial charge in [-0.25, -0.2) is 4.98 Å². The molecule has 0 aliphatic heterocycles. The maximum atomic E-state index is 12.7. The molecule has 0 atom stereocenters. The first kappa shape index (κ1) is 19.2. The Morgan fingerprint density at radius 1 is 1.04 bits per heavy atom. The van der Waals surface area contributed by atoms with E-state index in [-0.39, 0.29) is 12.5 Å². The van der Waals surface area contributed by atoms with Gasteiger partial charge < -0.3 is 9.64 Å². The number of likely N-dealkylation sites (N-methyl/N-ethyl adjacent to an activating group) is 1. The zero-order valence-corrected chi connectivity index (χ0v) is 15.4. The number of para-hydroxylation sites is 1. The molecule has 0 saturated carbocycles. The Balaban J connectivity index is 2.08. The molecule has 0 bridgehead atoms. The first-order valence-corrected chi connectivity index (χ1v) is 8.85. The second kappa shape index (κ2) is 10.0. The van der Waals surface area contributed by atoms with E-state index in [0.29, 0.717) is 23.3 Å². The summed E-state index contributed by atoms with van der Waals surface area (Å²) in [7, 11) is 0. The number of nitrogens with zero attached hydrogens (tertiary/aromatic N) is 3. The van der Waals surface area contributed by atoms with Crippen LogP contribution in [0.15, 0.2) is 48.5 Å². The highest BCUT2D eigenvalue weighted by Crippen LogP contribution is 2.16. The lowest BCUT2D eigenvalue weighted by atomic mass is 10.3. The fourth-order valence-corrected chi connectivity index (χ4v) is 2.60. The van der Waals surface area contributed by atoms with Crippen LogP contribution in [0.4, 0.5) is 5.82 Å². The third-order valence-electron chi connectivity index (χ3n) is 3.92. The molecule has 2 rings (SSSR count). The highest BCUT2D eigenvalue weighted by Gasteiger charge is 2.18. The van der Waals surface area contributed by atoms with Gasteiger partial charge in [0.2, 0.25) is 0 Å². The van der Waals surface area contributed by atoms with Gasteiger partial charge in [-0.15, -0.1) is 0 Å². The zero-order valence-electron chi connectivity index (χ0n) is 14.7. The van der Waals surface area contributed by atoms with Crippen LogP contribution < -0.4 is 9.64 Å². The van der Waals surface area contributed by atoms with Gasteiger partial charge in [-0.05, 0) is 37.4 Å². The fourth-order valence-electron chi connectivity index (χ4n) is 2.44. The van der Waals surface area contributed by atoms with Crippen LogP contribution >= 0.6 is 11.6 Å². The molecular weight excluding hydrogens is 338 g/mol. The minimum absolute atomic E-state index is 0.0452. The molecule has 0 spiro atoms. The Morgan fingerprint density at radius 3 is 2.40 bits per heavy atom. The van der Waals surface area contributed by atoms with Crippen molar-refractivity contribution in [2.24, 2.45) is 0 Å². The summed E-state index contributed by atoms with van der Waals surface area (Å²) in [5, 5.41) is 0.363. The average Bonchev–Trinajstić information content (AvgIpc) is 2.64. The van der Waals surface area contributed by atoms with E-state index in [9.17, 15) is 4.79 Å². The molecule has 25 heavy (non-hydrogen) atoms. The Kier molecular flexibility index (Phi) is 7.70. The number of carbonyl (C=O) groups is 1. The number of halogens is 1. The summed E-state index contributed by atoms with van der Waals surface area (Å²) < 4.78 is 5.59. The Bertz CT molecular complexity index is 663. The van der Waals surface area contributed by atoms with Crippen LogP contribution in [0.3, 0.4) is 0 Å². The van der Waals surface area contributed by atoms with Crippen molar-refractivity contribution >= 4 is 23.3 Å². The third kappa shape index (κ3) is 6.03. The Morgan fingerprint density at radius 2 is 1.76 bits per heavy atom. The van der Waals surface area contributed by atoms with Gasteiger partial charge >= 0.3 is 0 Å². The number of carbonyl (C=O) groups excluding carboxylic acids is 1. The zero-order chi connectivity index (χ0) is 18.1. The van der Waals surface area contributed by atoms with E-state index in [1.807, 2.05) is 30.3 Å². The molecule has 6 heteroatoms. The fraction of sp³-hybridized carbons (Fsp3) is 0.368. The van der Waals surface area contributed by atoms with E-state index in [4.69, 9.17) is 16.3 Å². The van der Waals surface area contributed by atoms with E-state index in [0.717, 1.165) is 19.6 Å². The van der Waals surface area contributed by atoms with E-state index < -0.39 is 0 Å². The number of hydrogen-bond acceptors (Lipinski definition) is 4. The van der Waals surface area contributed by atoms with E-state index in [2.05, 4.69) is 23.7 Å². The van der Waals surface area contributed by atoms with Crippen molar-refractivity contribution in [1.82, 2.24) is 9.88 Å². The summed E-state index contributed by atoms with van der Waals surface area (Å²) in [4.78, 5) is 20.9. The molecule has 1 amide bonds. The van der Waals surface area contributed by atoms with Gasteiger partial charge in [-0.2, -0.15) is 0 Å². The maximum Gasteiger partial charge on any atom is 0.266 e. The van der Waals surface area contributed by atoms with Crippen molar-refractivity contribution in [1.29, 1.82) is 0 Å². The molecule has 0 radical (unpaired) electrons. The van der Waals surface area contributed by atoms with Crippen molar-refractivity contribution in [3.05, 3.63) is 53.7 Å². The van der Waals surface area contributed by atoms with Gasteiger partial charge in [0, 0.05) is 13.1 Å². The molecule has 0 aliphatic rings. The number of pyridine rings is 1. The minimum Gasteiger partial charge on any atom is -0.484 e. The van der Waals surface area contributed by atoms with E-state index in [1.54, 1.807) is 23.1 Å². The predicted molar refractivity (Wildman–Crippen MR) is 101 cm³/mol. The molecule has 5 nitrogen and oxygen atoms in total. The van der Waals surface area contributed by atoms with Crippen LogP contribution in [0.25, 0.3) is 0 Å². The molecule has 1 heterocycles. The lowest BCUT2D eigenvalue weighted by molar-refractivity contribution is -0.120. The SMILES string of the molecule is CCN(CC)CCN(C(=O)COc1ccccc1)c1cccc(Cl)n1. The van der Waals surface area contributed by atoms with Crippen molar-refractivity contribution < 1.29 is 9.53 Å². The number of rotatable bonds is 9. The van der Waals surface area contributed by atoms with Crippen LogP contribution in [-0.2, 0) is 4.79 Å². The van der Waals surface area contributed by atoms with Crippen molar-refractivity contribution in [2.75, 3.05) is 37.7 Å². The van der Waals surface area contributed by atoms with Gasteiger partial charge in [0.1, 0.15) is 16.7 Å². The monoisotopic (exact) mass is 361 g/mol. The highest BCUT2D eigenvalue weighted by molar-refractivity contribution is 6.29. The van der Waals surface area contributed by atoms with Crippen molar-refractivity contribution in [3.8, 4) is 5.75 Å². The van der Waals surface area contributed by atoms with Crippen LogP contribution in [0.1, 0.15) is 13.8 Å². The second-order valence-corrected chi connectivity index (χ2v) is 5.88. The van der Waals surface area contributed by atoms with Crippen LogP contribution in [0.5, 0.6) is 5.75 Å². The first-order valence-electron chi connectivity index (χ1n) is 8.47. The summed E-state index contributed by atoms with van der Waals surface area (Å²) >= 11 is 5.99. The Labute approximate surface area is 154 Å². The van der Waals surface area contributed by atoms with Crippen LogP contribution in [-0.4, -0.2) is 48.6 Å². The predicted octanol–water partition coefficient (Wildman–Crippen LogP) is 3.49. The number of hydrogen-bond donors (Lipinski definition) is 0. The van der Waals surface area contributed by atoms with Crippen molar-refractivity contribution in [2.45, 2.75) is 13.8 Å². The summed E-state index contributed by atoms with van der Waals surface area (Å²) in [5.74, 6) is 1.06. The molecule has 1 aromatic heterocycles. The number of amides is 1. The standard InChI is InChI=1S/C19H24ClN3O2/c1-3-22(4-2)13-14-23(18-12-8-11-17(20)21-18)19(24)15-25-16-9-6-5-7-10-16/h5-12H,3-4,13-15H2,1-2H3. The topological polar surface area (TPSA) is 45.7 Å². The first-order chi connectivity index (χ1) is 12.1. The quantitative estimate of drug-likeness (QED) is 0.641. The smallest absolute Gasteiger partial charge is 0.266 e. The molecular formula is C19H24ClN3O2. The third-order valence-corrected chi connectivity index (χ3v) is 4.13. The molecule has 0 aliphatic carbocycles. The molecule has 0 saturated heterocycles. The molecule has 1 aromatic carbocycles. The van der Waals surface area contributed by atoms with Crippen molar-refractivity contribution in [3.63, 3.8) is 0 Å². The maximum absolute atomic E-state index is 12.7. The average molecular weight is 362 g/mol.